The van der Waals surface area contributed by atoms with Crippen LogP contribution in [0, 0.1) is 23.7 Å². The van der Waals surface area contributed by atoms with Gasteiger partial charge in [-0.1, -0.05) is 30.6 Å². The second kappa shape index (κ2) is 5.79. The molecule has 0 aromatic carbocycles. The van der Waals surface area contributed by atoms with Crippen LogP contribution in [0.4, 0.5) is 5.13 Å². The lowest BCUT2D eigenvalue weighted by molar-refractivity contribution is -0.120. The molecular weight excluding hydrogens is 318 g/mol. The number of anilines is 1. The molecule has 5 saturated carbocycles. The molecule has 5 heteroatoms. The van der Waals surface area contributed by atoms with E-state index in [-0.39, 0.29) is 11.8 Å². The van der Waals surface area contributed by atoms with Crippen molar-refractivity contribution in [2.45, 2.75) is 76.0 Å². The molecule has 1 amide bonds. The third kappa shape index (κ3) is 2.59. The molecule has 6 rings (SSSR count). The lowest BCUT2D eigenvalue weighted by atomic mass is 9.50. The Bertz CT molecular complexity index is 599. The van der Waals surface area contributed by atoms with Crippen molar-refractivity contribution in [3.63, 3.8) is 0 Å². The van der Waals surface area contributed by atoms with Gasteiger partial charge < -0.3 is 5.32 Å². The Morgan fingerprint density at radius 3 is 2.21 bits per heavy atom. The van der Waals surface area contributed by atoms with Gasteiger partial charge in [0, 0.05) is 11.3 Å². The molecule has 1 aromatic heterocycles. The van der Waals surface area contributed by atoms with Crippen molar-refractivity contribution in [3.8, 4) is 0 Å². The zero-order valence-electron chi connectivity index (χ0n) is 14.3. The van der Waals surface area contributed by atoms with E-state index in [1.807, 2.05) is 0 Å². The van der Waals surface area contributed by atoms with Gasteiger partial charge in [-0.3, -0.25) is 4.79 Å². The van der Waals surface area contributed by atoms with E-state index in [0.29, 0.717) is 5.41 Å². The normalized spacial score (nSPS) is 38.4. The molecule has 0 spiro atoms. The zero-order valence-corrected chi connectivity index (χ0v) is 15.1. The summed E-state index contributed by atoms with van der Waals surface area (Å²) >= 11 is 1.66. The van der Waals surface area contributed by atoms with E-state index in [1.165, 1.54) is 62.8 Å². The largest absolute Gasteiger partial charge is 0.300 e. The van der Waals surface area contributed by atoms with Crippen LogP contribution in [0.1, 0.15) is 75.6 Å². The van der Waals surface area contributed by atoms with E-state index in [2.05, 4.69) is 15.5 Å². The van der Waals surface area contributed by atoms with E-state index in [0.717, 1.165) is 35.7 Å². The number of rotatable bonds is 3. The summed E-state index contributed by atoms with van der Waals surface area (Å²) in [4.78, 5) is 12.5. The summed E-state index contributed by atoms with van der Waals surface area (Å²) in [5, 5.41) is 13.9. The van der Waals surface area contributed by atoms with Crippen LogP contribution in [0.25, 0.3) is 0 Å². The first-order chi connectivity index (χ1) is 11.7. The summed E-state index contributed by atoms with van der Waals surface area (Å²) in [6, 6.07) is 0. The lowest BCUT2D eigenvalue weighted by Crippen LogP contribution is -2.48. The molecule has 0 aliphatic heterocycles. The van der Waals surface area contributed by atoms with Crippen molar-refractivity contribution in [2.75, 3.05) is 5.32 Å². The number of aromatic nitrogens is 2. The fourth-order valence-corrected chi connectivity index (χ4v) is 7.40. The van der Waals surface area contributed by atoms with Crippen molar-refractivity contribution in [3.05, 3.63) is 5.01 Å². The second-order valence-electron chi connectivity index (χ2n) is 8.93. The van der Waals surface area contributed by atoms with Crippen molar-refractivity contribution < 1.29 is 4.79 Å². The molecule has 1 N–H and O–H groups in total. The maximum atomic E-state index is 12.5. The second-order valence-corrected chi connectivity index (χ2v) is 9.91. The van der Waals surface area contributed by atoms with Crippen molar-refractivity contribution >= 4 is 22.4 Å². The zero-order chi connectivity index (χ0) is 16.1. The molecule has 0 atom stereocenters. The summed E-state index contributed by atoms with van der Waals surface area (Å²) < 4.78 is 0. The van der Waals surface area contributed by atoms with Crippen molar-refractivity contribution in [1.29, 1.82) is 0 Å². The molecule has 0 saturated heterocycles. The average Bonchev–Trinajstić information content (AvgIpc) is 3.04. The van der Waals surface area contributed by atoms with Crippen molar-refractivity contribution in [2.24, 2.45) is 23.7 Å². The first-order valence-electron chi connectivity index (χ1n) is 9.85. The number of nitrogens with one attached hydrogen (secondary N) is 1. The molecule has 0 radical (unpaired) electrons. The van der Waals surface area contributed by atoms with Gasteiger partial charge in [-0.2, -0.15) is 0 Å². The molecule has 4 nitrogen and oxygen atoms in total. The quantitative estimate of drug-likeness (QED) is 0.876. The molecule has 24 heavy (non-hydrogen) atoms. The minimum atomic E-state index is 0.169. The van der Waals surface area contributed by atoms with Gasteiger partial charge in [0.1, 0.15) is 5.01 Å². The van der Waals surface area contributed by atoms with Crippen LogP contribution in [0.2, 0.25) is 0 Å². The van der Waals surface area contributed by atoms with Crippen LogP contribution >= 0.6 is 11.3 Å². The first-order valence-corrected chi connectivity index (χ1v) is 10.7. The monoisotopic (exact) mass is 345 g/mol. The molecule has 0 unspecified atom stereocenters. The number of carbonyl (C=O) groups excluding carboxylic acids is 1. The highest BCUT2D eigenvalue weighted by Crippen LogP contribution is 2.61. The Labute approximate surface area is 147 Å². The van der Waals surface area contributed by atoms with Gasteiger partial charge in [-0.05, 0) is 69.1 Å². The average molecular weight is 346 g/mol. The van der Waals surface area contributed by atoms with Crippen LogP contribution in [0.15, 0.2) is 0 Å². The van der Waals surface area contributed by atoms with Gasteiger partial charge in [0.25, 0.3) is 0 Å². The van der Waals surface area contributed by atoms with Crippen molar-refractivity contribution in [1.82, 2.24) is 10.2 Å². The summed E-state index contributed by atoms with van der Waals surface area (Å²) in [5.74, 6) is 3.11. The highest BCUT2D eigenvalue weighted by molar-refractivity contribution is 7.15. The Morgan fingerprint density at radius 1 is 0.958 bits per heavy atom. The van der Waals surface area contributed by atoms with E-state index in [4.69, 9.17) is 0 Å². The van der Waals surface area contributed by atoms with Crippen LogP contribution in [0.5, 0.6) is 0 Å². The molecule has 130 valence electrons. The van der Waals surface area contributed by atoms with Gasteiger partial charge in [-0.25, -0.2) is 0 Å². The van der Waals surface area contributed by atoms with Gasteiger partial charge in [0.15, 0.2) is 0 Å². The van der Waals surface area contributed by atoms with Crippen LogP contribution in [-0.4, -0.2) is 16.1 Å². The van der Waals surface area contributed by atoms with Gasteiger partial charge >= 0.3 is 0 Å². The summed E-state index contributed by atoms with van der Waals surface area (Å²) in [5.41, 5.74) is 0.292. The maximum Gasteiger partial charge on any atom is 0.229 e. The smallest absolute Gasteiger partial charge is 0.229 e. The predicted octanol–water partition coefficient (Wildman–Crippen LogP) is 4.52. The highest BCUT2D eigenvalue weighted by Gasteiger charge is 2.53. The standard InChI is InChI=1S/C19H27N3OS/c23-16(15-4-2-1-3-5-15)20-18-22-21-17(24-18)19-9-12-6-13(10-19)8-14(7-12)11-19/h12-15H,1-11H2,(H,20,22,23). The van der Waals surface area contributed by atoms with Gasteiger partial charge in [0.05, 0.1) is 0 Å². The molecule has 4 bridgehead atoms. The topological polar surface area (TPSA) is 54.9 Å². The van der Waals surface area contributed by atoms with E-state index < -0.39 is 0 Å². The number of hydrogen-bond donors (Lipinski definition) is 1. The third-order valence-corrected chi connectivity index (χ3v) is 8.21. The summed E-state index contributed by atoms with van der Waals surface area (Å²) in [6.45, 7) is 0. The van der Waals surface area contributed by atoms with E-state index in [1.54, 1.807) is 11.3 Å². The molecule has 5 aliphatic carbocycles. The van der Waals surface area contributed by atoms with E-state index in [9.17, 15) is 4.79 Å². The van der Waals surface area contributed by atoms with Crippen LogP contribution in [0.3, 0.4) is 0 Å². The Kier molecular flexibility index (Phi) is 3.69. The Hall–Kier alpha value is -0.970. The fourth-order valence-electron chi connectivity index (χ4n) is 6.43. The highest BCUT2D eigenvalue weighted by atomic mass is 32.1. The third-order valence-electron chi connectivity index (χ3n) is 7.12. The lowest BCUT2D eigenvalue weighted by Gasteiger charge is -2.55. The van der Waals surface area contributed by atoms with Gasteiger partial charge in [-0.15, -0.1) is 10.2 Å². The summed E-state index contributed by atoms with van der Waals surface area (Å²) in [7, 11) is 0. The number of nitrogens with zero attached hydrogens (tertiary/aromatic N) is 2. The summed E-state index contributed by atoms with van der Waals surface area (Å²) in [6.07, 6.45) is 14.0. The maximum absolute atomic E-state index is 12.5. The van der Waals surface area contributed by atoms with Crippen LogP contribution in [-0.2, 0) is 10.2 Å². The number of carbonyl (C=O) groups is 1. The molecule has 5 fully saturated rings. The minimum absolute atomic E-state index is 0.169. The Morgan fingerprint density at radius 2 is 1.58 bits per heavy atom. The minimum Gasteiger partial charge on any atom is -0.300 e. The first kappa shape index (κ1) is 15.3. The Balaban J connectivity index is 1.31. The number of hydrogen-bond acceptors (Lipinski definition) is 4. The molecule has 1 aromatic rings. The molecule has 5 aliphatic rings. The molecular formula is C19H27N3OS. The van der Waals surface area contributed by atoms with Crippen LogP contribution < -0.4 is 5.32 Å². The number of amides is 1. The van der Waals surface area contributed by atoms with Gasteiger partial charge in [0.2, 0.25) is 11.0 Å². The fraction of sp³-hybridized carbons (Fsp3) is 0.842. The SMILES string of the molecule is O=C(Nc1nnc(C23CC4CC(CC(C4)C2)C3)s1)C1CCCCC1. The van der Waals surface area contributed by atoms with E-state index >= 15 is 0 Å². The molecule has 1 heterocycles. The predicted molar refractivity (Wildman–Crippen MR) is 95.0 cm³/mol.